The molecule has 0 bridgehead atoms. The normalized spacial score (nSPS) is 10.7. The zero-order chi connectivity index (χ0) is 18.4. The van der Waals surface area contributed by atoms with E-state index >= 15 is 0 Å². The van der Waals surface area contributed by atoms with Crippen molar-refractivity contribution in [3.05, 3.63) is 64.5 Å². The second-order valence-corrected chi connectivity index (χ2v) is 7.36. The molecule has 0 aliphatic carbocycles. The van der Waals surface area contributed by atoms with Gasteiger partial charge >= 0.3 is 0 Å². The van der Waals surface area contributed by atoms with Crippen molar-refractivity contribution in [2.24, 2.45) is 0 Å². The molecule has 2 aromatic heterocycles. The van der Waals surface area contributed by atoms with Crippen molar-refractivity contribution in [1.82, 2.24) is 19.7 Å². The molecule has 0 aliphatic heterocycles. The van der Waals surface area contributed by atoms with Crippen LogP contribution in [0, 0.1) is 0 Å². The molecule has 1 aromatic carbocycles. The van der Waals surface area contributed by atoms with Crippen LogP contribution < -0.4 is 5.32 Å². The highest BCUT2D eigenvalue weighted by Gasteiger charge is 2.13. The maximum atomic E-state index is 12.1. The average molecular weight is 432 g/mol. The molecule has 134 valence electrons. The molecule has 0 fully saturated rings. The molecule has 0 atom stereocenters. The zero-order valence-corrected chi connectivity index (χ0v) is 16.6. The minimum absolute atomic E-state index is 0.125. The van der Waals surface area contributed by atoms with Gasteiger partial charge in [-0.15, -0.1) is 10.2 Å². The van der Waals surface area contributed by atoms with Gasteiger partial charge in [0.2, 0.25) is 5.91 Å². The first kappa shape index (κ1) is 18.6. The number of carbonyl (C=O) groups is 1. The van der Waals surface area contributed by atoms with E-state index in [-0.39, 0.29) is 11.7 Å². The predicted molar refractivity (Wildman–Crippen MR) is 106 cm³/mol. The topological polar surface area (TPSA) is 72.7 Å². The Balaban J connectivity index is 1.61. The van der Waals surface area contributed by atoms with E-state index in [1.807, 2.05) is 35.8 Å². The molecule has 0 saturated carbocycles. The van der Waals surface area contributed by atoms with Crippen LogP contribution in [0.5, 0.6) is 0 Å². The molecule has 3 aromatic rings. The number of pyridine rings is 1. The number of carbonyl (C=O) groups excluding carboxylic acids is 1. The van der Waals surface area contributed by atoms with Crippen LogP contribution in [-0.2, 0) is 17.8 Å². The quantitative estimate of drug-likeness (QED) is 0.576. The van der Waals surface area contributed by atoms with E-state index in [0.717, 1.165) is 28.4 Å². The van der Waals surface area contributed by atoms with Crippen molar-refractivity contribution in [1.29, 1.82) is 0 Å². The molecular formula is C18H18BrN5OS. The van der Waals surface area contributed by atoms with E-state index < -0.39 is 0 Å². The number of nitrogens with zero attached hydrogens (tertiary/aromatic N) is 4. The largest absolute Gasteiger partial charge is 0.310 e. The fourth-order valence-electron chi connectivity index (χ4n) is 2.41. The molecule has 1 amide bonds. The van der Waals surface area contributed by atoms with Crippen molar-refractivity contribution in [3.8, 4) is 0 Å². The first-order chi connectivity index (χ1) is 12.7. The molecule has 1 N–H and O–H groups in total. The lowest BCUT2D eigenvalue weighted by atomic mass is 10.1. The number of thioether (sulfide) groups is 1. The summed E-state index contributed by atoms with van der Waals surface area (Å²) in [6.45, 7) is 2.81. The maximum Gasteiger partial charge on any atom is 0.236 e. The number of rotatable bonds is 7. The third kappa shape index (κ3) is 4.92. The fourth-order valence-corrected chi connectivity index (χ4v) is 3.47. The highest BCUT2D eigenvalue weighted by Crippen LogP contribution is 2.19. The third-order valence-electron chi connectivity index (χ3n) is 3.64. The minimum Gasteiger partial charge on any atom is -0.310 e. The predicted octanol–water partition coefficient (Wildman–Crippen LogP) is 3.78. The number of amides is 1. The molecule has 8 heteroatoms. The lowest BCUT2D eigenvalue weighted by molar-refractivity contribution is -0.113. The highest BCUT2D eigenvalue weighted by molar-refractivity contribution is 9.10. The van der Waals surface area contributed by atoms with Crippen molar-refractivity contribution in [2.45, 2.75) is 25.0 Å². The molecule has 0 aliphatic rings. The van der Waals surface area contributed by atoms with Crippen LogP contribution in [0.25, 0.3) is 0 Å². The van der Waals surface area contributed by atoms with Crippen LogP contribution in [-0.4, -0.2) is 31.4 Å². The van der Waals surface area contributed by atoms with Gasteiger partial charge < -0.3 is 9.88 Å². The Hall–Kier alpha value is -2.19. The third-order valence-corrected chi connectivity index (χ3v) is 5.08. The fraction of sp³-hybridized carbons (Fsp3) is 0.222. The summed E-state index contributed by atoms with van der Waals surface area (Å²) in [5, 5.41) is 12.1. The number of hydrogen-bond donors (Lipinski definition) is 1. The summed E-state index contributed by atoms with van der Waals surface area (Å²) in [7, 11) is 0. The Morgan fingerprint density at radius 3 is 2.69 bits per heavy atom. The zero-order valence-electron chi connectivity index (χ0n) is 14.2. The van der Waals surface area contributed by atoms with E-state index in [9.17, 15) is 4.79 Å². The number of aromatic nitrogens is 4. The Morgan fingerprint density at radius 2 is 2.00 bits per heavy atom. The van der Waals surface area contributed by atoms with Crippen LogP contribution in [0.4, 0.5) is 5.82 Å². The first-order valence-electron chi connectivity index (χ1n) is 8.16. The molecule has 6 nitrogen and oxygen atoms in total. The van der Waals surface area contributed by atoms with Crippen molar-refractivity contribution < 1.29 is 4.79 Å². The van der Waals surface area contributed by atoms with Gasteiger partial charge in [0.05, 0.1) is 5.75 Å². The number of benzene rings is 1. The lowest BCUT2D eigenvalue weighted by Crippen LogP contribution is -2.15. The average Bonchev–Trinajstić information content (AvgIpc) is 3.04. The van der Waals surface area contributed by atoms with Crippen LogP contribution >= 0.6 is 27.7 Å². The van der Waals surface area contributed by atoms with Gasteiger partial charge in [-0.05, 0) is 40.5 Å². The summed E-state index contributed by atoms with van der Waals surface area (Å²) in [4.78, 5) is 16.3. The smallest absolute Gasteiger partial charge is 0.236 e. The van der Waals surface area contributed by atoms with Gasteiger partial charge in [0.25, 0.3) is 0 Å². The summed E-state index contributed by atoms with van der Waals surface area (Å²) >= 11 is 4.69. The van der Waals surface area contributed by atoms with Crippen molar-refractivity contribution in [2.75, 3.05) is 11.1 Å². The number of anilines is 1. The van der Waals surface area contributed by atoms with Crippen LogP contribution in [0.15, 0.2) is 58.3 Å². The molecule has 3 rings (SSSR count). The molecule has 0 unspecified atom stereocenters. The summed E-state index contributed by atoms with van der Waals surface area (Å²) in [6.07, 6.45) is 2.36. The SMILES string of the molecule is CCn1c(Cc2ccccc2)nnc1SCC(=O)Nc1ccc(Br)cn1. The second kappa shape index (κ2) is 8.95. The number of hydrogen-bond acceptors (Lipinski definition) is 5. The summed E-state index contributed by atoms with van der Waals surface area (Å²) in [6, 6.07) is 13.7. The number of halogens is 1. The Bertz CT molecular complexity index is 867. The number of nitrogens with one attached hydrogen (secondary N) is 1. The molecule has 26 heavy (non-hydrogen) atoms. The summed E-state index contributed by atoms with van der Waals surface area (Å²) in [5.41, 5.74) is 1.19. The van der Waals surface area contributed by atoms with E-state index in [2.05, 4.69) is 48.6 Å². The molecule has 0 radical (unpaired) electrons. The molecule has 0 spiro atoms. The van der Waals surface area contributed by atoms with Gasteiger partial charge in [0, 0.05) is 23.6 Å². The second-order valence-electron chi connectivity index (χ2n) is 5.50. The van der Waals surface area contributed by atoms with Gasteiger partial charge in [0.15, 0.2) is 5.16 Å². The summed E-state index contributed by atoms with van der Waals surface area (Å²) < 4.78 is 2.91. The van der Waals surface area contributed by atoms with Gasteiger partial charge in [0.1, 0.15) is 11.6 Å². The summed E-state index contributed by atoms with van der Waals surface area (Å²) in [5.74, 6) is 1.55. The van der Waals surface area contributed by atoms with Gasteiger partial charge in [-0.3, -0.25) is 4.79 Å². The van der Waals surface area contributed by atoms with Crippen molar-refractivity contribution >= 4 is 39.4 Å². The Labute approximate surface area is 164 Å². The van der Waals surface area contributed by atoms with Gasteiger partial charge in [-0.1, -0.05) is 42.1 Å². The van der Waals surface area contributed by atoms with E-state index in [1.54, 1.807) is 12.3 Å². The van der Waals surface area contributed by atoms with E-state index in [0.29, 0.717) is 5.82 Å². The van der Waals surface area contributed by atoms with Crippen LogP contribution in [0.1, 0.15) is 18.3 Å². The molecule has 2 heterocycles. The minimum atomic E-state index is -0.125. The van der Waals surface area contributed by atoms with E-state index in [4.69, 9.17) is 0 Å². The van der Waals surface area contributed by atoms with Crippen LogP contribution in [0.2, 0.25) is 0 Å². The standard InChI is InChI=1S/C18H18BrN5OS/c1-2-24-16(10-13-6-4-3-5-7-13)22-23-18(24)26-12-17(25)21-15-9-8-14(19)11-20-15/h3-9,11H,2,10,12H2,1H3,(H,20,21,25). The van der Waals surface area contributed by atoms with Crippen molar-refractivity contribution in [3.63, 3.8) is 0 Å². The van der Waals surface area contributed by atoms with E-state index in [1.165, 1.54) is 17.3 Å². The lowest BCUT2D eigenvalue weighted by Gasteiger charge is -2.08. The van der Waals surface area contributed by atoms with Crippen LogP contribution in [0.3, 0.4) is 0 Å². The maximum absolute atomic E-state index is 12.1. The Kier molecular flexibility index (Phi) is 6.40. The first-order valence-corrected chi connectivity index (χ1v) is 9.93. The van der Waals surface area contributed by atoms with Gasteiger partial charge in [-0.25, -0.2) is 4.98 Å². The van der Waals surface area contributed by atoms with Gasteiger partial charge in [-0.2, -0.15) is 0 Å². The molecular weight excluding hydrogens is 414 g/mol. The monoisotopic (exact) mass is 431 g/mol. The highest BCUT2D eigenvalue weighted by atomic mass is 79.9. The Morgan fingerprint density at radius 1 is 1.19 bits per heavy atom. The molecule has 0 saturated heterocycles.